The second-order valence-corrected chi connectivity index (χ2v) is 9.26. The molecule has 0 spiro atoms. The molecule has 1 aliphatic rings. The van der Waals surface area contributed by atoms with Crippen LogP contribution >= 0.6 is 0 Å². The highest BCUT2D eigenvalue weighted by molar-refractivity contribution is 7.89. The summed E-state index contributed by atoms with van der Waals surface area (Å²) < 4.78 is 28.4. The highest BCUT2D eigenvalue weighted by Gasteiger charge is 2.26. The van der Waals surface area contributed by atoms with Gasteiger partial charge in [0, 0.05) is 19.6 Å². The fourth-order valence-electron chi connectivity index (χ4n) is 3.57. The van der Waals surface area contributed by atoms with E-state index in [1.54, 1.807) is 31.2 Å². The molecule has 10 nitrogen and oxygen atoms in total. The van der Waals surface area contributed by atoms with Crippen molar-refractivity contribution < 1.29 is 18.1 Å². The van der Waals surface area contributed by atoms with Crippen LogP contribution in [0.2, 0.25) is 0 Å². The normalized spacial score (nSPS) is 15.1. The molecule has 0 atom stereocenters. The zero-order valence-corrected chi connectivity index (χ0v) is 17.8. The van der Waals surface area contributed by atoms with Gasteiger partial charge in [-0.25, -0.2) is 8.42 Å². The Morgan fingerprint density at radius 1 is 1.23 bits per heavy atom. The third-order valence-electron chi connectivity index (χ3n) is 5.16. The molecule has 2 aromatic rings. The van der Waals surface area contributed by atoms with Gasteiger partial charge in [0.1, 0.15) is 17.9 Å². The Hall–Kier alpha value is -2.79. The summed E-state index contributed by atoms with van der Waals surface area (Å²) in [5.41, 5.74) is 1.11. The first kappa shape index (κ1) is 21.9. The lowest BCUT2D eigenvalue weighted by atomic mass is 10.2. The van der Waals surface area contributed by atoms with Crippen LogP contribution in [0.25, 0.3) is 0 Å². The fourth-order valence-corrected chi connectivity index (χ4v) is 5.16. The number of piperidine rings is 1. The summed E-state index contributed by atoms with van der Waals surface area (Å²) in [6.07, 6.45) is 2.76. The maximum absolute atomic E-state index is 12.8. The number of amides is 1. The third kappa shape index (κ3) is 4.68. The second-order valence-electron chi connectivity index (χ2n) is 7.32. The molecule has 30 heavy (non-hydrogen) atoms. The number of aryl methyl sites for hydroxylation is 1. The van der Waals surface area contributed by atoms with Crippen LogP contribution in [0.5, 0.6) is 0 Å². The van der Waals surface area contributed by atoms with Crippen molar-refractivity contribution in [2.75, 3.05) is 13.1 Å². The molecule has 1 aromatic heterocycles. The van der Waals surface area contributed by atoms with Gasteiger partial charge in [-0.05, 0) is 44.4 Å². The van der Waals surface area contributed by atoms with Crippen molar-refractivity contribution in [1.82, 2.24) is 19.4 Å². The first-order valence-corrected chi connectivity index (χ1v) is 11.2. The number of benzene rings is 1. The predicted molar refractivity (Wildman–Crippen MR) is 109 cm³/mol. The molecule has 1 fully saturated rings. The zero-order chi connectivity index (χ0) is 21.9. The average molecular weight is 436 g/mol. The highest BCUT2D eigenvalue weighted by Crippen LogP contribution is 2.22. The lowest BCUT2D eigenvalue weighted by Gasteiger charge is -2.26. The Kier molecular flexibility index (Phi) is 6.52. The minimum absolute atomic E-state index is 0.0987. The largest absolute Gasteiger partial charge is 0.350 e. The van der Waals surface area contributed by atoms with Crippen molar-refractivity contribution in [3.8, 4) is 0 Å². The molecule has 1 aliphatic heterocycles. The molecule has 0 saturated carbocycles. The van der Waals surface area contributed by atoms with E-state index < -0.39 is 14.9 Å². The predicted octanol–water partition coefficient (Wildman–Crippen LogP) is 1.90. The maximum Gasteiger partial charge on any atom is 0.312 e. The van der Waals surface area contributed by atoms with Gasteiger partial charge < -0.3 is 5.32 Å². The number of aromatic nitrogens is 2. The number of nitrogens with zero attached hydrogens (tertiary/aromatic N) is 4. The Morgan fingerprint density at radius 3 is 2.57 bits per heavy atom. The summed E-state index contributed by atoms with van der Waals surface area (Å²) in [7, 11) is -3.54. The van der Waals surface area contributed by atoms with Crippen LogP contribution in [0, 0.1) is 24.0 Å². The third-order valence-corrected chi connectivity index (χ3v) is 7.05. The Morgan fingerprint density at radius 2 is 1.93 bits per heavy atom. The number of hydrogen-bond acceptors (Lipinski definition) is 6. The smallest absolute Gasteiger partial charge is 0.312 e. The monoisotopic (exact) mass is 435 g/mol. The summed E-state index contributed by atoms with van der Waals surface area (Å²) in [4.78, 5) is 23.1. The minimum Gasteiger partial charge on any atom is -0.350 e. The van der Waals surface area contributed by atoms with Gasteiger partial charge in [0.15, 0.2) is 0 Å². The first-order valence-electron chi connectivity index (χ1n) is 9.74. The average Bonchev–Trinajstić information content (AvgIpc) is 3.00. The Bertz CT molecular complexity index is 1060. The number of nitro groups is 1. The van der Waals surface area contributed by atoms with Crippen LogP contribution in [-0.2, 0) is 27.9 Å². The lowest BCUT2D eigenvalue weighted by molar-refractivity contribution is -0.386. The number of rotatable bonds is 7. The van der Waals surface area contributed by atoms with E-state index in [0.717, 1.165) is 19.3 Å². The molecule has 1 N–H and O–H groups in total. The van der Waals surface area contributed by atoms with E-state index in [1.807, 2.05) is 0 Å². The molecular weight excluding hydrogens is 410 g/mol. The minimum atomic E-state index is -3.54. The van der Waals surface area contributed by atoms with E-state index in [-0.39, 0.29) is 35.3 Å². The summed E-state index contributed by atoms with van der Waals surface area (Å²) >= 11 is 0. The van der Waals surface area contributed by atoms with Gasteiger partial charge >= 0.3 is 5.69 Å². The number of carbonyl (C=O) groups excluding carboxylic acids is 1. The maximum atomic E-state index is 12.8. The van der Waals surface area contributed by atoms with E-state index in [4.69, 9.17) is 0 Å². The topological polar surface area (TPSA) is 127 Å². The van der Waals surface area contributed by atoms with Gasteiger partial charge in [-0.1, -0.05) is 18.6 Å². The van der Waals surface area contributed by atoms with Gasteiger partial charge in [0.05, 0.1) is 9.82 Å². The van der Waals surface area contributed by atoms with Crippen molar-refractivity contribution in [2.24, 2.45) is 0 Å². The number of nitrogens with one attached hydrogen (secondary N) is 1. The fraction of sp³-hybridized carbons (Fsp3) is 0.474. The molecule has 1 saturated heterocycles. The SMILES string of the molecule is Cc1nn(CC(=O)NCc2cccc(S(=O)(=O)N3CCCCC3)c2)c(C)c1[N+](=O)[O-]. The summed E-state index contributed by atoms with van der Waals surface area (Å²) in [6.45, 7) is 4.10. The number of hydrogen-bond donors (Lipinski definition) is 1. The molecule has 1 amide bonds. The molecule has 0 radical (unpaired) electrons. The molecule has 1 aromatic carbocycles. The summed E-state index contributed by atoms with van der Waals surface area (Å²) in [5, 5.41) is 17.8. The Labute approximate surface area is 175 Å². The van der Waals surface area contributed by atoms with Gasteiger partial charge in [0.25, 0.3) is 0 Å². The van der Waals surface area contributed by atoms with Crippen LogP contribution in [0.1, 0.15) is 36.2 Å². The quantitative estimate of drug-likeness (QED) is 0.523. The van der Waals surface area contributed by atoms with Gasteiger partial charge in [-0.2, -0.15) is 9.40 Å². The van der Waals surface area contributed by atoms with Crippen molar-refractivity contribution in [1.29, 1.82) is 0 Å². The van der Waals surface area contributed by atoms with Crippen LogP contribution in [-0.4, -0.2) is 46.4 Å². The molecule has 2 heterocycles. The van der Waals surface area contributed by atoms with Gasteiger partial charge in [-0.15, -0.1) is 0 Å². The van der Waals surface area contributed by atoms with E-state index in [2.05, 4.69) is 10.4 Å². The van der Waals surface area contributed by atoms with E-state index in [1.165, 1.54) is 15.9 Å². The number of sulfonamides is 1. The molecule has 0 aliphatic carbocycles. The van der Waals surface area contributed by atoms with Crippen molar-refractivity contribution in [3.63, 3.8) is 0 Å². The molecule has 162 valence electrons. The van der Waals surface area contributed by atoms with E-state index >= 15 is 0 Å². The second kappa shape index (κ2) is 8.92. The first-order chi connectivity index (χ1) is 14.2. The standard InChI is InChI=1S/C19H25N5O5S/c1-14-19(24(26)27)15(2)23(21-14)13-18(25)20-12-16-7-6-8-17(11-16)30(28,29)22-9-4-3-5-10-22/h6-8,11H,3-5,9-10,12-13H2,1-2H3,(H,20,25). The van der Waals surface area contributed by atoms with Crippen molar-refractivity contribution in [3.05, 3.63) is 51.3 Å². The number of carbonyl (C=O) groups is 1. The van der Waals surface area contributed by atoms with Crippen LogP contribution in [0.15, 0.2) is 29.2 Å². The molecule has 0 unspecified atom stereocenters. The van der Waals surface area contributed by atoms with Crippen LogP contribution < -0.4 is 5.32 Å². The van der Waals surface area contributed by atoms with Gasteiger partial charge in [-0.3, -0.25) is 19.6 Å². The summed E-state index contributed by atoms with van der Waals surface area (Å²) in [6, 6.07) is 6.52. The lowest BCUT2D eigenvalue weighted by Crippen LogP contribution is -2.35. The van der Waals surface area contributed by atoms with E-state index in [0.29, 0.717) is 24.3 Å². The molecule has 0 bridgehead atoms. The zero-order valence-electron chi connectivity index (χ0n) is 17.0. The van der Waals surface area contributed by atoms with Crippen molar-refractivity contribution in [2.45, 2.75) is 51.1 Å². The van der Waals surface area contributed by atoms with Crippen LogP contribution in [0.4, 0.5) is 5.69 Å². The molecular formula is C19H25N5O5S. The molecule has 3 rings (SSSR count). The van der Waals surface area contributed by atoms with Crippen molar-refractivity contribution >= 4 is 21.6 Å². The van der Waals surface area contributed by atoms with Gasteiger partial charge in [0.2, 0.25) is 15.9 Å². The Balaban J connectivity index is 1.65. The molecule has 11 heteroatoms. The highest BCUT2D eigenvalue weighted by atomic mass is 32.2. The van der Waals surface area contributed by atoms with E-state index in [9.17, 15) is 23.3 Å². The van der Waals surface area contributed by atoms with Crippen LogP contribution in [0.3, 0.4) is 0 Å². The summed E-state index contributed by atoms with van der Waals surface area (Å²) in [5.74, 6) is -0.375.